The van der Waals surface area contributed by atoms with Crippen LogP contribution in [-0.2, 0) is 11.2 Å². The summed E-state index contributed by atoms with van der Waals surface area (Å²) in [6, 6.07) is 7.55. The smallest absolute Gasteiger partial charge is 0.256 e. The summed E-state index contributed by atoms with van der Waals surface area (Å²) >= 11 is 11.9. The number of amides is 1. The fourth-order valence-corrected chi connectivity index (χ4v) is 3.80. The summed E-state index contributed by atoms with van der Waals surface area (Å²) in [5, 5.41) is 0.969. The maximum Gasteiger partial charge on any atom is 0.256 e. The molecule has 1 saturated heterocycles. The van der Waals surface area contributed by atoms with Crippen LogP contribution in [0.25, 0.3) is 0 Å². The average molecular weight is 424 g/mol. The molecule has 0 spiro atoms. The van der Waals surface area contributed by atoms with Crippen LogP contribution in [0.15, 0.2) is 30.3 Å². The van der Waals surface area contributed by atoms with Crippen LogP contribution in [0.5, 0.6) is 11.5 Å². The molecule has 2 aliphatic rings. The van der Waals surface area contributed by atoms with Gasteiger partial charge in [-0.3, -0.25) is 9.59 Å². The van der Waals surface area contributed by atoms with Crippen molar-refractivity contribution in [1.29, 1.82) is 0 Å². The quantitative estimate of drug-likeness (QED) is 0.750. The molecule has 8 heteroatoms. The van der Waals surface area contributed by atoms with Crippen LogP contribution < -0.4 is 9.47 Å². The lowest BCUT2D eigenvalue weighted by Gasteiger charge is -2.39. The molecule has 0 atom stereocenters. The largest absolute Gasteiger partial charge is 0.493 e. The molecule has 1 fully saturated rings. The van der Waals surface area contributed by atoms with Crippen molar-refractivity contribution in [3.63, 3.8) is 0 Å². The summed E-state index contributed by atoms with van der Waals surface area (Å²) in [5.74, 6) is -0.129. The highest BCUT2D eigenvalue weighted by molar-refractivity contribution is 6.34. The fraction of sp³-hybridized carbons (Fsp3) is 0.300. The van der Waals surface area contributed by atoms with Gasteiger partial charge in [0.05, 0.1) is 12.2 Å². The van der Waals surface area contributed by atoms with Crippen LogP contribution in [0.2, 0.25) is 10.0 Å². The van der Waals surface area contributed by atoms with E-state index in [9.17, 15) is 14.0 Å². The van der Waals surface area contributed by atoms with E-state index in [2.05, 4.69) is 0 Å². The van der Waals surface area contributed by atoms with Gasteiger partial charge in [0.15, 0.2) is 5.78 Å². The standard InChI is InChI=1S/C20H16Cl2FNO4/c21-13-3-14(22)5-16(4-13)27-9-11-7-24(8-11)20(26)17-2-12-1-15(25)10-28-19(12)6-18(17)23/h2-6,11H,1,7-10H2. The Morgan fingerprint density at radius 2 is 1.89 bits per heavy atom. The zero-order valence-electron chi connectivity index (χ0n) is 14.7. The first-order valence-electron chi connectivity index (χ1n) is 8.74. The highest BCUT2D eigenvalue weighted by atomic mass is 35.5. The van der Waals surface area contributed by atoms with E-state index in [-0.39, 0.29) is 30.3 Å². The number of carbonyl (C=O) groups is 2. The van der Waals surface area contributed by atoms with Gasteiger partial charge in [0, 0.05) is 47.1 Å². The summed E-state index contributed by atoms with van der Waals surface area (Å²) in [6.45, 7) is 1.25. The first kappa shape index (κ1) is 19.0. The van der Waals surface area contributed by atoms with Crippen molar-refractivity contribution in [2.45, 2.75) is 6.42 Å². The molecule has 146 valence electrons. The summed E-state index contributed by atoms with van der Waals surface area (Å²) in [6.07, 6.45) is 0.147. The van der Waals surface area contributed by atoms with Gasteiger partial charge in [0.2, 0.25) is 0 Å². The molecule has 0 N–H and O–H groups in total. The van der Waals surface area contributed by atoms with Crippen LogP contribution in [0.1, 0.15) is 15.9 Å². The summed E-state index contributed by atoms with van der Waals surface area (Å²) in [7, 11) is 0. The molecule has 0 unspecified atom stereocenters. The molecule has 0 saturated carbocycles. The van der Waals surface area contributed by atoms with Crippen molar-refractivity contribution in [2.75, 3.05) is 26.3 Å². The third-order valence-corrected chi connectivity index (χ3v) is 5.16. The highest BCUT2D eigenvalue weighted by Crippen LogP contribution is 2.30. The number of likely N-dealkylation sites (tertiary alicyclic amines) is 1. The number of hydrogen-bond acceptors (Lipinski definition) is 4. The number of carbonyl (C=O) groups excluding carboxylic acids is 2. The van der Waals surface area contributed by atoms with E-state index >= 15 is 0 Å². The predicted molar refractivity (Wildman–Crippen MR) is 102 cm³/mol. The van der Waals surface area contributed by atoms with Crippen molar-refractivity contribution < 1.29 is 23.5 Å². The Bertz CT molecular complexity index is 939. The summed E-state index contributed by atoms with van der Waals surface area (Å²) < 4.78 is 25.2. The van der Waals surface area contributed by atoms with Gasteiger partial charge in [0.1, 0.15) is 23.9 Å². The summed E-state index contributed by atoms with van der Waals surface area (Å²) in [5.41, 5.74) is 0.497. The minimum atomic E-state index is -0.647. The predicted octanol–water partition coefficient (Wildman–Crippen LogP) is 3.79. The van der Waals surface area contributed by atoms with E-state index in [0.717, 1.165) is 0 Å². The molecule has 4 rings (SSSR count). The molecule has 0 aromatic heterocycles. The molecule has 2 aliphatic heterocycles. The molecule has 1 amide bonds. The molecule has 28 heavy (non-hydrogen) atoms. The molecule has 2 aromatic rings. The molecule has 0 radical (unpaired) electrons. The Hall–Kier alpha value is -2.31. The van der Waals surface area contributed by atoms with Gasteiger partial charge in [-0.15, -0.1) is 0 Å². The molecular formula is C20H16Cl2FNO4. The zero-order valence-corrected chi connectivity index (χ0v) is 16.2. The number of halogens is 3. The van der Waals surface area contributed by atoms with Crippen molar-refractivity contribution in [2.24, 2.45) is 5.92 Å². The fourth-order valence-electron chi connectivity index (χ4n) is 3.30. The minimum absolute atomic E-state index is 0.0435. The maximum absolute atomic E-state index is 14.3. The molecule has 5 nitrogen and oxygen atoms in total. The van der Waals surface area contributed by atoms with Crippen molar-refractivity contribution >= 4 is 34.9 Å². The molecule has 2 heterocycles. The van der Waals surface area contributed by atoms with Crippen LogP contribution in [0, 0.1) is 11.7 Å². The molecule has 0 aliphatic carbocycles. The topological polar surface area (TPSA) is 55.8 Å². The van der Waals surface area contributed by atoms with Crippen molar-refractivity contribution in [3.8, 4) is 11.5 Å². The van der Waals surface area contributed by atoms with E-state index in [1.54, 1.807) is 23.1 Å². The second-order valence-electron chi connectivity index (χ2n) is 6.94. The lowest BCUT2D eigenvalue weighted by molar-refractivity contribution is -0.121. The van der Waals surface area contributed by atoms with Gasteiger partial charge in [-0.2, -0.15) is 0 Å². The van der Waals surface area contributed by atoms with Crippen LogP contribution in [-0.4, -0.2) is 42.9 Å². The minimum Gasteiger partial charge on any atom is -0.493 e. The van der Waals surface area contributed by atoms with Gasteiger partial charge in [-0.05, 0) is 24.3 Å². The van der Waals surface area contributed by atoms with Gasteiger partial charge in [-0.1, -0.05) is 23.2 Å². The monoisotopic (exact) mass is 423 g/mol. The Balaban J connectivity index is 1.36. The van der Waals surface area contributed by atoms with Gasteiger partial charge in [0.25, 0.3) is 5.91 Å². The van der Waals surface area contributed by atoms with E-state index in [1.165, 1.54) is 12.1 Å². The second kappa shape index (κ2) is 7.60. The number of ether oxygens (including phenoxy) is 2. The van der Waals surface area contributed by atoms with Gasteiger partial charge < -0.3 is 14.4 Å². The summed E-state index contributed by atoms with van der Waals surface area (Å²) in [4.78, 5) is 25.7. The van der Waals surface area contributed by atoms with Crippen molar-refractivity contribution in [3.05, 3.63) is 57.3 Å². The number of Topliss-reactive ketones (excluding diaryl/α,β-unsaturated/α-hetero) is 1. The maximum atomic E-state index is 14.3. The second-order valence-corrected chi connectivity index (χ2v) is 7.81. The Kier molecular flexibility index (Phi) is 5.17. The Morgan fingerprint density at radius 1 is 1.18 bits per heavy atom. The number of rotatable bonds is 4. The van der Waals surface area contributed by atoms with Crippen LogP contribution in [0.3, 0.4) is 0 Å². The number of fused-ring (bicyclic) bond motifs is 1. The lowest BCUT2D eigenvalue weighted by Crippen LogP contribution is -2.52. The third kappa shape index (κ3) is 3.93. The van der Waals surface area contributed by atoms with E-state index in [4.69, 9.17) is 32.7 Å². The van der Waals surface area contributed by atoms with E-state index in [1.807, 2.05) is 0 Å². The average Bonchev–Trinajstić information content (AvgIpc) is 2.59. The Morgan fingerprint density at radius 3 is 2.61 bits per heavy atom. The number of nitrogens with zero attached hydrogens (tertiary/aromatic N) is 1. The molecular weight excluding hydrogens is 408 g/mol. The first-order chi connectivity index (χ1) is 13.4. The molecule has 2 aromatic carbocycles. The van der Waals surface area contributed by atoms with Crippen molar-refractivity contribution in [1.82, 2.24) is 4.90 Å². The zero-order chi connectivity index (χ0) is 19.8. The van der Waals surface area contributed by atoms with Crippen LogP contribution in [0.4, 0.5) is 4.39 Å². The van der Waals surface area contributed by atoms with Gasteiger partial charge >= 0.3 is 0 Å². The lowest BCUT2D eigenvalue weighted by atomic mass is 9.97. The normalized spacial score (nSPS) is 16.2. The Labute approximate surface area is 170 Å². The number of hydrogen-bond donors (Lipinski definition) is 0. The van der Waals surface area contributed by atoms with E-state index in [0.29, 0.717) is 46.8 Å². The SMILES string of the molecule is O=C1COc2cc(F)c(C(=O)N3CC(COc4cc(Cl)cc(Cl)c4)C3)cc2C1. The molecule has 0 bridgehead atoms. The highest BCUT2D eigenvalue weighted by Gasteiger charge is 2.33. The van der Waals surface area contributed by atoms with Crippen LogP contribution >= 0.6 is 23.2 Å². The van der Waals surface area contributed by atoms with E-state index < -0.39 is 11.7 Å². The van der Waals surface area contributed by atoms with Gasteiger partial charge in [-0.25, -0.2) is 4.39 Å². The first-order valence-corrected chi connectivity index (χ1v) is 9.49. The third-order valence-electron chi connectivity index (χ3n) is 4.72. The number of benzene rings is 2. The number of ketones is 1.